The summed E-state index contributed by atoms with van der Waals surface area (Å²) in [6.07, 6.45) is 25.9. The average Bonchev–Trinajstić information content (AvgIpc) is 2.84. The summed E-state index contributed by atoms with van der Waals surface area (Å²) < 4.78 is 0. The van der Waals surface area contributed by atoms with Crippen LogP contribution in [0.3, 0.4) is 0 Å². The molecule has 0 unspecified atom stereocenters. The van der Waals surface area contributed by atoms with Gasteiger partial charge in [0.25, 0.3) is 0 Å². The van der Waals surface area contributed by atoms with Crippen molar-refractivity contribution in [2.24, 2.45) is 0 Å². The highest BCUT2D eigenvalue weighted by Gasteiger charge is 1.93. The van der Waals surface area contributed by atoms with Crippen LogP contribution in [-0.2, 0) is 0 Å². The molecule has 0 heterocycles. The number of benzene rings is 1. The van der Waals surface area contributed by atoms with Crippen LogP contribution in [-0.4, -0.2) is 14.1 Å². The normalized spacial score (nSPS) is 13.6. The van der Waals surface area contributed by atoms with Gasteiger partial charge in [-0.1, -0.05) is 102 Å². The van der Waals surface area contributed by atoms with Gasteiger partial charge in [-0.3, -0.25) is 0 Å². The molecule has 0 fully saturated rings. The molecule has 0 aromatic heterocycles. The summed E-state index contributed by atoms with van der Waals surface area (Å²) in [4.78, 5) is 2.09. The van der Waals surface area contributed by atoms with E-state index in [1.54, 1.807) is 6.08 Å². The Morgan fingerprint density at radius 1 is 0.657 bits per heavy atom. The highest BCUT2D eigenvalue weighted by Crippen LogP contribution is 2.14. The van der Waals surface area contributed by atoms with E-state index in [0.717, 1.165) is 16.7 Å². The topological polar surface area (TPSA) is 50.8 Å². The van der Waals surface area contributed by atoms with E-state index in [1.165, 1.54) is 16.8 Å². The molecule has 0 aliphatic rings. The Labute approximate surface area is 211 Å². The molecule has 0 radical (unpaired) electrons. The van der Waals surface area contributed by atoms with E-state index in [-0.39, 0.29) is 5.57 Å². The minimum absolute atomic E-state index is 0.103. The monoisotopic (exact) mass is 461 g/mol. The zero-order chi connectivity index (χ0) is 26.1. The molecule has 0 saturated carbocycles. The van der Waals surface area contributed by atoms with Gasteiger partial charge in [0.2, 0.25) is 0 Å². The lowest BCUT2D eigenvalue weighted by Gasteiger charge is -2.11. The van der Waals surface area contributed by atoms with Crippen LogP contribution in [0.5, 0.6) is 0 Å². The van der Waals surface area contributed by atoms with E-state index in [1.807, 2.05) is 76.5 Å². The Balaban J connectivity index is 2.61. The maximum Gasteiger partial charge on any atom is 0.129 e. The molecule has 0 aliphatic heterocycles. The van der Waals surface area contributed by atoms with Crippen LogP contribution in [0.25, 0.3) is 6.08 Å². The molecule has 0 atom stereocenters. The third-order valence-electron chi connectivity index (χ3n) is 4.83. The van der Waals surface area contributed by atoms with E-state index < -0.39 is 0 Å². The Hall–Kier alpha value is -4.34. The second kappa shape index (κ2) is 16.3. The van der Waals surface area contributed by atoms with E-state index in [4.69, 9.17) is 10.5 Å². The lowest BCUT2D eigenvalue weighted by molar-refractivity contribution is 1.13. The van der Waals surface area contributed by atoms with Crippen LogP contribution in [0.4, 0.5) is 5.69 Å². The number of hydrogen-bond donors (Lipinski definition) is 0. The second-order valence-corrected chi connectivity index (χ2v) is 8.35. The van der Waals surface area contributed by atoms with Gasteiger partial charge in [-0.25, -0.2) is 0 Å². The molecule has 1 aromatic rings. The van der Waals surface area contributed by atoms with Gasteiger partial charge in [-0.05, 0) is 57.0 Å². The van der Waals surface area contributed by atoms with E-state index in [0.29, 0.717) is 0 Å². The maximum atomic E-state index is 8.78. The molecule has 1 rings (SSSR count). The fourth-order valence-corrected chi connectivity index (χ4v) is 2.76. The van der Waals surface area contributed by atoms with Gasteiger partial charge in [-0.2, -0.15) is 10.5 Å². The van der Waals surface area contributed by atoms with Crippen molar-refractivity contribution in [1.29, 1.82) is 10.5 Å². The van der Waals surface area contributed by atoms with Crippen LogP contribution in [0.1, 0.15) is 33.3 Å². The summed E-state index contributed by atoms with van der Waals surface area (Å²) in [5.41, 5.74) is 6.77. The number of nitrogens with zero attached hydrogens (tertiary/aromatic N) is 3. The predicted molar refractivity (Wildman–Crippen MR) is 152 cm³/mol. The average molecular weight is 462 g/mol. The molecule has 0 N–H and O–H groups in total. The van der Waals surface area contributed by atoms with E-state index >= 15 is 0 Å². The highest BCUT2D eigenvalue weighted by atomic mass is 15.1. The smallest absolute Gasteiger partial charge is 0.129 e. The molecule has 178 valence electrons. The van der Waals surface area contributed by atoms with Gasteiger partial charge in [0.1, 0.15) is 17.7 Å². The molecule has 0 aliphatic carbocycles. The molecule has 0 bridgehead atoms. The zero-order valence-electron chi connectivity index (χ0n) is 21.7. The number of anilines is 1. The Morgan fingerprint density at radius 3 is 1.60 bits per heavy atom. The van der Waals surface area contributed by atoms with E-state index in [9.17, 15) is 0 Å². The van der Waals surface area contributed by atoms with Crippen molar-refractivity contribution in [3.63, 3.8) is 0 Å². The van der Waals surface area contributed by atoms with Crippen LogP contribution in [0.15, 0.2) is 125 Å². The van der Waals surface area contributed by atoms with Gasteiger partial charge in [0.05, 0.1) is 0 Å². The molecule has 3 nitrogen and oxygen atoms in total. The van der Waals surface area contributed by atoms with Gasteiger partial charge in [-0.15, -0.1) is 0 Å². The molecule has 0 saturated heterocycles. The first-order valence-electron chi connectivity index (χ1n) is 11.4. The molecule has 35 heavy (non-hydrogen) atoms. The third kappa shape index (κ3) is 13.1. The van der Waals surface area contributed by atoms with Crippen molar-refractivity contribution in [2.45, 2.75) is 27.7 Å². The first kappa shape index (κ1) is 28.7. The Bertz CT molecular complexity index is 1170. The van der Waals surface area contributed by atoms with Gasteiger partial charge >= 0.3 is 0 Å². The number of hydrogen-bond acceptors (Lipinski definition) is 3. The summed E-state index contributed by atoms with van der Waals surface area (Å²) in [5, 5.41) is 17.6. The first-order valence-corrected chi connectivity index (χ1v) is 11.4. The van der Waals surface area contributed by atoms with Crippen LogP contribution in [0, 0.1) is 22.7 Å². The van der Waals surface area contributed by atoms with Gasteiger partial charge in [0.15, 0.2) is 0 Å². The van der Waals surface area contributed by atoms with Crippen LogP contribution < -0.4 is 4.90 Å². The Morgan fingerprint density at radius 2 is 1.11 bits per heavy atom. The fraction of sp³-hybridized carbons (Fsp3) is 0.188. The van der Waals surface area contributed by atoms with Crippen molar-refractivity contribution < 1.29 is 0 Å². The summed E-state index contributed by atoms with van der Waals surface area (Å²) in [7, 11) is 4.08. The molecular formula is C32H35N3. The Kier molecular flexibility index (Phi) is 13.4. The van der Waals surface area contributed by atoms with Crippen molar-refractivity contribution in [3.8, 4) is 12.1 Å². The molecular weight excluding hydrogens is 426 g/mol. The summed E-state index contributed by atoms with van der Waals surface area (Å²) in [6.45, 7) is 8.04. The minimum atomic E-state index is 0.103. The van der Waals surface area contributed by atoms with E-state index in [2.05, 4.69) is 79.5 Å². The lowest BCUT2D eigenvalue weighted by Crippen LogP contribution is -2.07. The van der Waals surface area contributed by atoms with Crippen molar-refractivity contribution in [2.75, 3.05) is 19.0 Å². The van der Waals surface area contributed by atoms with Crippen LogP contribution in [0.2, 0.25) is 0 Å². The predicted octanol–water partition coefficient (Wildman–Crippen LogP) is 8.19. The first-order chi connectivity index (χ1) is 16.7. The summed E-state index contributed by atoms with van der Waals surface area (Å²) in [5.74, 6) is 0. The van der Waals surface area contributed by atoms with Gasteiger partial charge < -0.3 is 4.90 Å². The maximum absolute atomic E-state index is 8.78. The van der Waals surface area contributed by atoms with Crippen molar-refractivity contribution in [1.82, 2.24) is 0 Å². The van der Waals surface area contributed by atoms with Gasteiger partial charge in [0, 0.05) is 19.8 Å². The SMILES string of the molecule is C\C(C=C(C#N)C#N)=C/C=C/C(C)=C/C=C/C=C(C)/C=C/C=C(C)/C=C/c1ccc(N(C)C)cc1. The minimum Gasteiger partial charge on any atom is -0.378 e. The number of nitriles is 2. The standard InChI is InChI=1S/C32H35N3/c1-26(11-7-8-12-27(2)14-10-16-29(4)23-31(24-33)25-34)13-9-15-28(3)17-18-30-19-21-32(22-20-30)35(5)6/h7-23H,1-6H3/b8-7+,13-9+,14-10+,18-17+,26-11+,27-12+,28-15+,29-16+. The highest BCUT2D eigenvalue weighted by molar-refractivity contribution is 5.57. The number of allylic oxidation sites excluding steroid dienone is 17. The molecule has 0 amide bonds. The summed E-state index contributed by atoms with van der Waals surface area (Å²) in [6, 6.07) is 12.2. The fourth-order valence-electron chi connectivity index (χ4n) is 2.76. The largest absolute Gasteiger partial charge is 0.378 e. The quantitative estimate of drug-likeness (QED) is 0.261. The van der Waals surface area contributed by atoms with Crippen molar-refractivity contribution in [3.05, 3.63) is 131 Å². The third-order valence-corrected chi connectivity index (χ3v) is 4.83. The molecule has 3 heteroatoms. The second-order valence-electron chi connectivity index (χ2n) is 8.35. The lowest BCUT2D eigenvalue weighted by atomic mass is 10.1. The molecule has 1 aromatic carbocycles. The zero-order valence-corrected chi connectivity index (χ0v) is 21.7. The summed E-state index contributed by atoms with van der Waals surface area (Å²) >= 11 is 0. The van der Waals surface area contributed by atoms with Crippen LogP contribution >= 0.6 is 0 Å². The number of rotatable bonds is 10. The van der Waals surface area contributed by atoms with Crippen molar-refractivity contribution >= 4 is 11.8 Å². The molecule has 0 spiro atoms.